The summed E-state index contributed by atoms with van der Waals surface area (Å²) in [5.41, 5.74) is 9.44. The van der Waals surface area contributed by atoms with Gasteiger partial charge in [0.1, 0.15) is 5.82 Å². The number of aromatic nitrogens is 2. The van der Waals surface area contributed by atoms with E-state index >= 15 is 0 Å². The van der Waals surface area contributed by atoms with Crippen LogP contribution in [0.25, 0.3) is 0 Å². The van der Waals surface area contributed by atoms with Gasteiger partial charge in [-0.2, -0.15) is 5.10 Å². The monoisotopic (exact) mass is 293 g/mol. The van der Waals surface area contributed by atoms with Crippen molar-refractivity contribution in [1.82, 2.24) is 9.78 Å². The maximum absolute atomic E-state index is 5.96. The van der Waals surface area contributed by atoms with Crippen LogP contribution in [0.4, 0.5) is 5.82 Å². The third-order valence-electron chi connectivity index (χ3n) is 2.85. The fourth-order valence-corrected chi connectivity index (χ4v) is 2.04. The predicted molar refractivity (Wildman–Crippen MR) is 74.0 cm³/mol. The lowest BCUT2D eigenvalue weighted by molar-refractivity contribution is 0.689. The molecule has 0 aliphatic carbocycles. The van der Waals surface area contributed by atoms with E-state index in [-0.39, 0.29) is 0 Å². The van der Waals surface area contributed by atoms with E-state index in [4.69, 9.17) is 5.73 Å². The summed E-state index contributed by atoms with van der Waals surface area (Å²) in [6, 6.07) is 8.56. The molecule has 2 N–H and O–H groups in total. The maximum Gasteiger partial charge on any atom is 0.136 e. The smallest absolute Gasteiger partial charge is 0.136 e. The van der Waals surface area contributed by atoms with E-state index in [1.54, 1.807) is 0 Å². The van der Waals surface area contributed by atoms with Crippen LogP contribution in [0, 0.1) is 6.92 Å². The molecule has 2 aromatic rings. The Bertz CT molecular complexity index is 514. The molecule has 0 amide bonds. The summed E-state index contributed by atoms with van der Waals surface area (Å²) < 4.78 is 2.71. The number of nitrogen functional groups attached to an aromatic ring is 1. The van der Waals surface area contributed by atoms with Crippen LogP contribution in [-0.4, -0.2) is 9.78 Å². The molecule has 0 aliphatic heterocycles. The SMILES string of the molecule is CCc1ccc(Cn2nc(C)c(Br)c2N)cc1. The Morgan fingerprint density at radius 2 is 1.82 bits per heavy atom. The summed E-state index contributed by atoms with van der Waals surface area (Å²) in [7, 11) is 0. The molecule has 1 aromatic heterocycles. The van der Waals surface area contributed by atoms with E-state index in [0.717, 1.165) is 16.6 Å². The highest BCUT2D eigenvalue weighted by Gasteiger charge is 2.09. The second-order valence-corrected chi connectivity index (χ2v) is 4.91. The van der Waals surface area contributed by atoms with E-state index in [2.05, 4.69) is 52.2 Å². The van der Waals surface area contributed by atoms with Crippen molar-refractivity contribution in [3.8, 4) is 0 Å². The standard InChI is InChI=1S/C13H16BrN3/c1-3-10-4-6-11(7-5-10)8-17-13(15)12(14)9(2)16-17/h4-7H,3,8,15H2,1-2H3. The van der Waals surface area contributed by atoms with E-state index in [9.17, 15) is 0 Å². The lowest BCUT2D eigenvalue weighted by atomic mass is 10.1. The number of halogens is 1. The largest absolute Gasteiger partial charge is 0.383 e. The molecule has 4 heteroatoms. The van der Waals surface area contributed by atoms with Crippen molar-refractivity contribution in [3.05, 3.63) is 45.6 Å². The third kappa shape index (κ3) is 2.52. The van der Waals surface area contributed by atoms with Gasteiger partial charge in [0.2, 0.25) is 0 Å². The summed E-state index contributed by atoms with van der Waals surface area (Å²) in [6.07, 6.45) is 1.06. The molecule has 3 nitrogen and oxygen atoms in total. The zero-order valence-corrected chi connectivity index (χ0v) is 11.7. The van der Waals surface area contributed by atoms with Gasteiger partial charge in [0.15, 0.2) is 0 Å². The van der Waals surface area contributed by atoms with Gasteiger partial charge in [-0.15, -0.1) is 0 Å². The Morgan fingerprint density at radius 3 is 2.29 bits per heavy atom. The van der Waals surface area contributed by atoms with Gasteiger partial charge in [-0.25, -0.2) is 4.68 Å². The van der Waals surface area contributed by atoms with Gasteiger partial charge in [-0.1, -0.05) is 31.2 Å². The molecule has 0 unspecified atom stereocenters. The quantitative estimate of drug-likeness (QED) is 0.945. The van der Waals surface area contributed by atoms with Crippen molar-refractivity contribution in [2.75, 3.05) is 5.73 Å². The Hall–Kier alpha value is -1.29. The van der Waals surface area contributed by atoms with E-state index in [1.807, 2.05) is 11.6 Å². The number of benzene rings is 1. The van der Waals surface area contributed by atoms with Crippen molar-refractivity contribution >= 4 is 21.7 Å². The zero-order valence-electron chi connectivity index (χ0n) is 10.1. The number of hydrogen-bond donors (Lipinski definition) is 1. The van der Waals surface area contributed by atoms with Crippen LogP contribution in [0.15, 0.2) is 28.7 Å². The molecular formula is C13H16BrN3. The summed E-state index contributed by atoms with van der Waals surface area (Å²) in [5, 5.41) is 4.39. The summed E-state index contributed by atoms with van der Waals surface area (Å²) in [5.74, 6) is 0.682. The molecule has 0 spiro atoms. The summed E-state index contributed by atoms with van der Waals surface area (Å²) in [4.78, 5) is 0. The van der Waals surface area contributed by atoms with Crippen molar-refractivity contribution in [1.29, 1.82) is 0 Å². The zero-order chi connectivity index (χ0) is 12.4. The minimum Gasteiger partial charge on any atom is -0.383 e. The Morgan fingerprint density at radius 1 is 1.24 bits per heavy atom. The first-order chi connectivity index (χ1) is 8.11. The maximum atomic E-state index is 5.96. The first-order valence-electron chi connectivity index (χ1n) is 5.68. The molecule has 1 heterocycles. The first-order valence-corrected chi connectivity index (χ1v) is 6.47. The van der Waals surface area contributed by atoms with Gasteiger partial charge in [0, 0.05) is 0 Å². The van der Waals surface area contributed by atoms with Crippen LogP contribution in [0.2, 0.25) is 0 Å². The van der Waals surface area contributed by atoms with Crippen molar-refractivity contribution < 1.29 is 0 Å². The lowest BCUT2D eigenvalue weighted by Crippen LogP contribution is -2.06. The van der Waals surface area contributed by atoms with E-state index in [0.29, 0.717) is 12.4 Å². The van der Waals surface area contributed by atoms with Gasteiger partial charge in [0.25, 0.3) is 0 Å². The Labute approximate surface area is 110 Å². The minimum absolute atomic E-state index is 0.682. The second-order valence-electron chi connectivity index (χ2n) is 4.11. The number of nitrogens with two attached hydrogens (primary N) is 1. The number of aryl methyl sites for hydroxylation is 2. The fourth-order valence-electron chi connectivity index (χ4n) is 1.75. The molecule has 1 aromatic carbocycles. The molecule has 2 rings (SSSR count). The molecule has 0 radical (unpaired) electrons. The van der Waals surface area contributed by atoms with Gasteiger partial charge in [0.05, 0.1) is 16.7 Å². The molecule has 90 valence electrons. The van der Waals surface area contributed by atoms with Crippen LogP contribution < -0.4 is 5.73 Å². The molecule has 0 saturated heterocycles. The molecule has 0 saturated carbocycles. The average molecular weight is 294 g/mol. The number of rotatable bonds is 3. The van der Waals surface area contributed by atoms with Crippen LogP contribution in [0.5, 0.6) is 0 Å². The van der Waals surface area contributed by atoms with Gasteiger partial charge >= 0.3 is 0 Å². The van der Waals surface area contributed by atoms with Crippen LogP contribution in [0.1, 0.15) is 23.7 Å². The first kappa shape index (κ1) is 12.2. The predicted octanol–water partition coefficient (Wildman–Crippen LogP) is 3.15. The van der Waals surface area contributed by atoms with Gasteiger partial charge < -0.3 is 5.73 Å². The molecular weight excluding hydrogens is 278 g/mol. The summed E-state index contributed by atoms with van der Waals surface area (Å²) >= 11 is 3.43. The van der Waals surface area contributed by atoms with E-state index in [1.165, 1.54) is 11.1 Å². The topological polar surface area (TPSA) is 43.8 Å². The number of hydrogen-bond acceptors (Lipinski definition) is 2. The highest BCUT2D eigenvalue weighted by molar-refractivity contribution is 9.10. The van der Waals surface area contributed by atoms with Crippen LogP contribution in [-0.2, 0) is 13.0 Å². The lowest BCUT2D eigenvalue weighted by Gasteiger charge is -2.05. The van der Waals surface area contributed by atoms with Crippen molar-refractivity contribution in [2.24, 2.45) is 0 Å². The third-order valence-corrected chi connectivity index (χ3v) is 3.83. The van der Waals surface area contributed by atoms with Gasteiger partial charge in [-0.05, 0) is 40.4 Å². The second kappa shape index (κ2) is 4.92. The average Bonchev–Trinajstić information content (AvgIpc) is 2.58. The molecule has 0 bridgehead atoms. The molecule has 0 aliphatic rings. The number of anilines is 1. The highest BCUT2D eigenvalue weighted by Crippen LogP contribution is 2.23. The highest BCUT2D eigenvalue weighted by atomic mass is 79.9. The van der Waals surface area contributed by atoms with Crippen molar-refractivity contribution in [3.63, 3.8) is 0 Å². The van der Waals surface area contributed by atoms with Crippen LogP contribution >= 0.6 is 15.9 Å². The van der Waals surface area contributed by atoms with Crippen LogP contribution in [0.3, 0.4) is 0 Å². The molecule has 17 heavy (non-hydrogen) atoms. The normalized spacial score (nSPS) is 10.8. The fraction of sp³-hybridized carbons (Fsp3) is 0.308. The van der Waals surface area contributed by atoms with Crippen molar-refractivity contribution in [2.45, 2.75) is 26.8 Å². The minimum atomic E-state index is 0.682. The van der Waals surface area contributed by atoms with Gasteiger partial charge in [-0.3, -0.25) is 0 Å². The Balaban J connectivity index is 2.22. The number of nitrogens with zero attached hydrogens (tertiary/aromatic N) is 2. The van der Waals surface area contributed by atoms with E-state index < -0.39 is 0 Å². The molecule has 0 atom stereocenters. The summed E-state index contributed by atoms with van der Waals surface area (Å²) in [6.45, 7) is 4.81. The Kier molecular flexibility index (Phi) is 3.52. The molecule has 0 fully saturated rings.